The van der Waals surface area contributed by atoms with Crippen LogP contribution in [0.1, 0.15) is 42.5 Å². The van der Waals surface area contributed by atoms with Crippen LogP contribution in [-0.2, 0) is 4.79 Å². The van der Waals surface area contributed by atoms with Crippen molar-refractivity contribution in [2.75, 3.05) is 18.5 Å². The van der Waals surface area contributed by atoms with Crippen molar-refractivity contribution >= 4 is 11.7 Å². The quantitative estimate of drug-likeness (QED) is 0.672. The lowest BCUT2D eigenvalue weighted by Crippen LogP contribution is -2.22. The third-order valence-electron chi connectivity index (χ3n) is 3.93. The highest BCUT2D eigenvalue weighted by Crippen LogP contribution is 2.32. The zero-order chi connectivity index (χ0) is 19.1. The van der Waals surface area contributed by atoms with Crippen LogP contribution in [0.25, 0.3) is 0 Å². The Balaban J connectivity index is 2.41. The predicted molar refractivity (Wildman–Crippen MR) is 98.3 cm³/mol. The number of aliphatic hydroxyl groups excluding tert-OH is 1. The Morgan fingerprint density at radius 2 is 1.92 bits per heavy atom. The number of benzene rings is 2. The van der Waals surface area contributed by atoms with Crippen LogP contribution in [0.15, 0.2) is 42.5 Å². The highest BCUT2D eigenvalue weighted by atomic mass is 16.5. The summed E-state index contributed by atoms with van der Waals surface area (Å²) in [7, 11) is 0. The van der Waals surface area contributed by atoms with Crippen LogP contribution in [0, 0.1) is 11.3 Å². The first kappa shape index (κ1) is 19.3. The molecule has 2 aromatic carbocycles. The number of hydrogen-bond donors (Lipinski definition) is 3. The van der Waals surface area contributed by atoms with Gasteiger partial charge in [-0.1, -0.05) is 19.9 Å². The summed E-state index contributed by atoms with van der Waals surface area (Å²) in [5.74, 6) is -0.411. The molecule has 0 heterocycles. The monoisotopic (exact) mass is 354 g/mol. The summed E-state index contributed by atoms with van der Waals surface area (Å²) >= 11 is 0. The summed E-state index contributed by atoms with van der Waals surface area (Å²) < 4.78 is 5.53. The lowest BCUT2D eigenvalue weighted by atomic mass is 9.96. The number of hydrogen-bond acceptors (Lipinski definition) is 5. The van der Waals surface area contributed by atoms with E-state index in [0.717, 1.165) is 5.56 Å². The first-order chi connectivity index (χ1) is 12.5. The maximum atomic E-state index is 11.9. The lowest BCUT2D eigenvalue weighted by molar-refractivity contribution is -0.138. The molecule has 0 aliphatic rings. The van der Waals surface area contributed by atoms with E-state index in [0.29, 0.717) is 22.6 Å². The molecule has 0 saturated heterocycles. The van der Waals surface area contributed by atoms with Gasteiger partial charge < -0.3 is 20.3 Å². The number of aliphatic hydroxyl groups is 1. The molecule has 2 rings (SSSR count). The van der Waals surface area contributed by atoms with E-state index in [4.69, 9.17) is 15.1 Å². The van der Waals surface area contributed by atoms with E-state index in [1.165, 1.54) is 0 Å². The molecule has 1 atom stereocenters. The molecule has 0 aliphatic heterocycles. The van der Waals surface area contributed by atoms with E-state index in [1.807, 2.05) is 32.0 Å². The average molecular weight is 354 g/mol. The Morgan fingerprint density at radius 3 is 2.46 bits per heavy atom. The Bertz CT molecular complexity index is 794. The average Bonchev–Trinajstić information content (AvgIpc) is 2.64. The smallest absolute Gasteiger partial charge is 0.330 e. The summed E-state index contributed by atoms with van der Waals surface area (Å²) in [6.45, 7) is 3.97. The minimum absolute atomic E-state index is 0.0806. The van der Waals surface area contributed by atoms with Gasteiger partial charge in [0.2, 0.25) is 0 Å². The Labute approximate surface area is 152 Å². The minimum Gasteiger partial charge on any atom is -0.491 e. The number of ether oxygens (including phenoxy) is 1. The van der Waals surface area contributed by atoms with Crippen LogP contribution in [-0.4, -0.2) is 29.4 Å². The second kappa shape index (κ2) is 8.88. The molecule has 0 fully saturated rings. The fourth-order valence-electron chi connectivity index (χ4n) is 2.52. The van der Waals surface area contributed by atoms with Crippen molar-refractivity contribution < 1.29 is 19.7 Å². The zero-order valence-corrected chi connectivity index (χ0v) is 14.8. The number of nitrogens with zero attached hydrogens (tertiary/aromatic N) is 1. The van der Waals surface area contributed by atoms with E-state index >= 15 is 0 Å². The molecule has 0 spiro atoms. The van der Waals surface area contributed by atoms with E-state index in [2.05, 4.69) is 5.32 Å². The molecule has 0 amide bonds. The summed E-state index contributed by atoms with van der Waals surface area (Å²) in [6.07, 6.45) is 0. The van der Waals surface area contributed by atoms with Gasteiger partial charge in [0.1, 0.15) is 12.4 Å². The molecule has 1 unspecified atom stereocenters. The molecule has 0 bridgehead atoms. The first-order valence-electron chi connectivity index (χ1n) is 8.33. The summed E-state index contributed by atoms with van der Waals surface area (Å²) in [5, 5.41) is 30.6. The van der Waals surface area contributed by atoms with Crippen LogP contribution < -0.4 is 10.1 Å². The van der Waals surface area contributed by atoms with Crippen LogP contribution >= 0.6 is 0 Å². The van der Waals surface area contributed by atoms with Gasteiger partial charge in [-0.3, -0.25) is 0 Å². The Kier molecular flexibility index (Phi) is 6.59. The van der Waals surface area contributed by atoms with Gasteiger partial charge in [0.05, 0.1) is 18.2 Å². The fraction of sp³-hybridized carbons (Fsp3) is 0.300. The molecule has 0 radical (unpaired) electrons. The summed E-state index contributed by atoms with van der Waals surface area (Å²) in [6, 6.07) is 13.0. The molecule has 2 aromatic rings. The SMILES string of the molecule is CC(C)c1ccc(OCCO)c(C(Nc2ccc(C#N)cc2)C(=O)O)c1. The molecule has 136 valence electrons. The second-order valence-electron chi connectivity index (χ2n) is 6.13. The molecule has 6 nitrogen and oxygen atoms in total. The number of carbonyl (C=O) groups is 1. The highest BCUT2D eigenvalue weighted by molar-refractivity contribution is 5.80. The highest BCUT2D eigenvalue weighted by Gasteiger charge is 2.24. The fourth-order valence-corrected chi connectivity index (χ4v) is 2.52. The van der Waals surface area contributed by atoms with E-state index in [1.54, 1.807) is 30.3 Å². The zero-order valence-electron chi connectivity index (χ0n) is 14.8. The van der Waals surface area contributed by atoms with E-state index < -0.39 is 12.0 Å². The van der Waals surface area contributed by atoms with Crippen LogP contribution in [0.5, 0.6) is 5.75 Å². The van der Waals surface area contributed by atoms with Crippen molar-refractivity contribution in [3.63, 3.8) is 0 Å². The van der Waals surface area contributed by atoms with Gasteiger partial charge in [-0.15, -0.1) is 0 Å². The van der Waals surface area contributed by atoms with Crippen LogP contribution in [0.4, 0.5) is 5.69 Å². The van der Waals surface area contributed by atoms with Crippen LogP contribution in [0.2, 0.25) is 0 Å². The molecule has 6 heteroatoms. The van der Waals surface area contributed by atoms with Gasteiger partial charge in [-0.05, 0) is 47.9 Å². The largest absolute Gasteiger partial charge is 0.491 e. The second-order valence-corrected chi connectivity index (χ2v) is 6.13. The minimum atomic E-state index is -1.05. The van der Waals surface area contributed by atoms with Crippen molar-refractivity contribution in [3.8, 4) is 11.8 Å². The van der Waals surface area contributed by atoms with Crippen molar-refractivity contribution in [1.29, 1.82) is 5.26 Å². The predicted octanol–water partition coefficient (Wildman–Crippen LogP) is 3.29. The number of carboxylic acids is 1. The molecule has 0 aromatic heterocycles. The normalized spacial score (nSPS) is 11.7. The standard InChI is InChI=1S/C20H22N2O4/c1-13(2)15-5-8-18(26-10-9-23)17(11-15)19(20(24)25)22-16-6-3-14(12-21)4-7-16/h3-8,11,13,19,22-23H,9-10H2,1-2H3,(H,24,25). The van der Waals surface area contributed by atoms with Crippen molar-refractivity contribution in [1.82, 2.24) is 0 Å². The maximum Gasteiger partial charge on any atom is 0.330 e. The van der Waals surface area contributed by atoms with Gasteiger partial charge in [0.15, 0.2) is 6.04 Å². The number of anilines is 1. The van der Waals surface area contributed by atoms with E-state index in [-0.39, 0.29) is 19.1 Å². The number of aliphatic carboxylic acids is 1. The van der Waals surface area contributed by atoms with Gasteiger partial charge in [-0.25, -0.2) is 4.79 Å². The molecule has 0 saturated carbocycles. The molecule has 3 N–H and O–H groups in total. The molecular weight excluding hydrogens is 332 g/mol. The molecule has 26 heavy (non-hydrogen) atoms. The third kappa shape index (κ3) is 4.74. The van der Waals surface area contributed by atoms with Gasteiger partial charge in [-0.2, -0.15) is 5.26 Å². The molecular formula is C20H22N2O4. The number of rotatable bonds is 8. The van der Waals surface area contributed by atoms with Crippen LogP contribution in [0.3, 0.4) is 0 Å². The number of nitriles is 1. The van der Waals surface area contributed by atoms with Crippen molar-refractivity contribution in [3.05, 3.63) is 59.2 Å². The lowest BCUT2D eigenvalue weighted by Gasteiger charge is -2.21. The van der Waals surface area contributed by atoms with Gasteiger partial charge in [0, 0.05) is 11.3 Å². The van der Waals surface area contributed by atoms with Gasteiger partial charge >= 0.3 is 5.97 Å². The summed E-state index contributed by atoms with van der Waals surface area (Å²) in [4.78, 5) is 11.9. The summed E-state index contributed by atoms with van der Waals surface area (Å²) in [5.41, 5.74) is 2.56. The first-order valence-corrected chi connectivity index (χ1v) is 8.33. The van der Waals surface area contributed by atoms with E-state index in [9.17, 15) is 9.90 Å². The third-order valence-corrected chi connectivity index (χ3v) is 3.93. The number of carboxylic acid groups (broad SMARTS) is 1. The molecule has 0 aliphatic carbocycles. The Morgan fingerprint density at radius 1 is 1.23 bits per heavy atom. The topological polar surface area (TPSA) is 103 Å². The van der Waals surface area contributed by atoms with Crippen molar-refractivity contribution in [2.45, 2.75) is 25.8 Å². The Hall–Kier alpha value is -3.04. The maximum absolute atomic E-state index is 11.9. The number of nitrogens with one attached hydrogen (secondary N) is 1. The van der Waals surface area contributed by atoms with Crippen molar-refractivity contribution in [2.24, 2.45) is 0 Å². The van der Waals surface area contributed by atoms with Gasteiger partial charge in [0.25, 0.3) is 0 Å².